The van der Waals surface area contributed by atoms with E-state index in [0.717, 1.165) is 33.8 Å². The van der Waals surface area contributed by atoms with Gasteiger partial charge in [-0.25, -0.2) is 4.79 Å². The lowest BCUT2D eigenvalue weighted by atomic mass is 9.91. The average Bonchev–Trinajstić information content (AvgIpc) is 3.50. The van der Waals surface area contributed by atoms with E-state index >= 15 is 0 Å². The van der Waals surface area contributed by atoms with Crippen LogP contribution in [0.5, 0.6) is 17.2 Å². The topological polar surface area (TPSA) is 89.1 Å². The van der Waals surface area contributed by atoms with Gasteiger partial charge in [0.1, 0.15) is 27.7 Å². The number of amides is 1. The van der Waals surface area contributed by atoms with Gasteiger partial charge in [0.15, 0.2) is 0 Å². The summed E-state index contributed by atoms with van der Waals surface area (Å²) >= 11 is 1.32. The molecule has 0 spiro atoms. The molecule has 2 N–H and O–H groups in total. The van der Waals surface area contributed by atoms with E-state index < -0.39 is 11.5 Å². The summed E-state index contributed by atoms with van der Waals surface area (Å²) in [6, 6.07) is 20.5. The van der Waals surface area contributed by atoms with Crippen LogP contribution in [0, 0.1) is 0 Å². The van der Waals surface area contributed by atoms with Crippen LogP contribution in [0.2, 0.25) is 0 Å². The second-order valence-electron chi connectivity index (χ2n) is 9.88. The Bertz CT molecular complexity index is 1570. The van der Waals surface area contributed by atoms with E-state index in [4.69, 9.17) is 14.2 Å². The van der Waals surface area contributed by atoms with Crippen molar-refractivity contribution < 1.29 is 23.8 Å². The standard InChI is InChI=1S/C31H31N3O5S/c1-31(2)30(36)34(3)28-22(18-32-23-9-6-7-10-25(23)37-4)20(14-15-24(28)33-31)21-13-12-19(17-26(21)38-5)39-29(35)27-11-8-16-40-27/h6-17,32-33H,18H2,1-5H3. The number of benzene rings is 3. The maximum absolute atomic E-state index is 13.3. The van der Waals surface area contributed by atoms with Gasteiger partial charge in [-0.15, -0.1) is 11.3 Å². The predicted molar refractivity (Wildman–Crippen MR) is 159 cm³/mol. The monoisotopic (exact) mass is 557 g/mol. The van der Waals surface area contributed by atoms with Gasteiger partial charge in [0.2, 0.25) is 0 Å². The first-order valence-corrected chi connectivity index (χ1v) is 13.6. The number of esters is 1. The summed E-state index contributed by atoms with van der Waals surface area (Å²) in [6.07, 6.45) is 0. The molecule has 0 aliphatic carbocycles. The lowest BCUT2D eigenvalue weighted by molar-refractivity contribution is -0.121. The zero-order valence-corrected chi connectivity index (χ0v) is 23.8. The zero-order chi connectivity index (χ0) is 28.4. The van der Waals surface area contributed by atoms with E-state index in [1.54, 1.807) is 50.4 Å². The Kier molecular flexibility index (Phi) is 7.40. The van der Waals surface area contributed by atoms with Crippen molar-refractivity contribution in [2.24, 2.45) is 0 Å². The summed E-state index contributed by atoms with van der Waals surface area (Å²) in [5.41, 5.74) is 4.27. The van der Waals surface area contributed by atoms with Gasteiger partial charge in [0, 0.05) is 30.8 Å². The molecule has 2 heterocycles. The highest BCUT2D eigenvalue weighted by atomic mass is 32.1. The van der Waals surface area contributed by atoms with Crippen LogP contribution in [-0.2, 0) is 11.3 Å². The molecule has 1 aliphatic rings. The third-order valence-corrected chi connectivity index (χ3v) is 7.71. The molecule has 0 radical (unpaired) electrons. The summed E-state index contributed by atoms with van der Waals surface area (Å²) in [4.78, 5) is 28.0. The maximum Gasteiger partial charge on any atom is 0.353 e. The van der Waals surface area contributed by atoms with Crippen LogP contribution >= 0.6 is 11.3 Å². The number of para-hydroxylation sites is 2. The average molecular weight is 558 g/mol. The molecular formula is C31H31N3O5S. The van der Waals surface area contributed by atoms with Crippen LogP contribution in [-0.4, -0.2) is 38.7 Å². The van der Waals surface area contributed by atoms with E-state index in [9.17, 15) is 9.59 Å². The van der Waals surface area contributed by atoms with Gasteiger partial charge in [-0.3, -0.25) is 4.79 Å². The first-order valence-electron chi connectivity index (χ1n) is 12.8. The number of hydrogen-bond donors (Lipinski definition) is 2. The molecule has 0 bridgehead atoms. The van der Waals surface area contributed by atoms with Crippen molar-refractivity contribution in [1.29, 1.82) is 0 Å². The van der Waals surface area contributed by atoms with Crippen molar-refractivity contribution in [3.05, 3.63) is 82.6 Å². The van der Waals surface area contributed by atoms with Crippen molar-refractivity contribution in [3.63, 3.8) is 0 Å². The predicted octanol–water partition coefficient (Wildman–Crippen LogP) is 6.43. The van der Waals surface area contributed by atoms with E-state index in [1.807, 2.05) is 61.7 Å². The number of nitrogens with zero attached hydrogens (tertiary/aromatic N) is 1. The number of carbonyl (C=O) groups is 2. The van der Waals surface area contributed by atoms with Crippen LogP contribution in [0.15, 0.2) is 72.1 Å². The van der Waals surface area contributed by atoms with Crippen molar-refractivity contribution >= 4 is 40.3 Å². The summed E-state index contributed by atoms with van der Waals surface area (Å²) in [5, 5.41) is 8.71. The maximum atomic E-state index is 13.3. The lowest BCUT2D eigenvalue weighted by Crippen LogP contribution is -2.52. The van der Waals surface area contributed by atoms with Crippen LogP contribution in [0.3, 0.4) is 0 Å². The fraction of sp³-hybridized carbons (Fsp3) is 0.226. The molecule has 5 rings (SSSR count). The second-order valence-corrected chi connectivity index (χ2v) is 10.8. The molecule has 8 nitrogen and oxygen atoms in total. The Balaban J connectivity index is 1.58. The second kappa shape index (κ2) is 10.9. The fourth-order valence-electron chi connectivity index (χ4n) is 4.95. The number of anilines is 3. The SMILES string of the molecule is COc1ccccc1NCc1c(-c2ccc(OC(=O)c3cccs3)cc2OC)ccc2c1N(C)C(=O)C(C)(C)N2. The highest BCUT2D eigenvalue weighted by molar-refractivity contribution is 7.12. The molecule has 40 heavy (non-hydrogen) atoms. The first kappa shape index (κ1) is 27.1. The van der Waals surface area contributed by atoms with Gasteiger partial charge in [-0.05, 0) is 61.2 Å². The molecule has 4 aromatic rings. The van der Waals surface area contributed by atoms with Gasteiger partial charge >= 0.3 is 5.97 Å². The highest BCUT2D eigenvalue weighted by Crippen LogP contribution is 2.45. The minimum atomic E-state index is -0.748. The Morgan fingerprint density at radius 2 is 1.73 bits per heavy atom. The summed E-state index contributed by atoms with van der Waals surface area (Å²) < 4.78 is 16.9. The Hall–Kier alpha value is -4.50. The molecule has 0 unspecified atom stereocenters. The summed E-state index contributed by atoms with van der Waals surface area (Å²) in [5.74, 6) is 1.16. The zero-order valence-electron chi connectivity index (χ0n) is 23.0. The van der Waals surface area contributed by atoms with Crippen LogP contribution in [0.25, 0.3) is 11.1 Å². The molecule has 1 amide bonds. The molecule has 1 aromatic heterocycles. The van der Waals surface area contributed by atoms with Crippen molar-refractivity contribution in [3.8, 4) is 28.4 Å². The highest BCUT2D eigenvalue weighted by Gasteiger charge is 2.38. The molecular weight excluding hydrogens is 526 g/mol. The number of hydrogen-bond acceptors (Lipinski definition) is 8. The molecule has 9 heteroatoms. The number of thiophene rings is 1. The normalized spacial score (nSPS) is 13.7. The number of methoxy groups -OCH3 is 2. The number of fused-ring (bicyclic) bond motifs is 1. The molecule has 0 fully saturated rings. The summed E-state index contributed by atoms with van der Waals surface area (Å²) in [7, 11) is 5.01. The molecule has 0 saturated carbocycles. The van der Waals surface area contributed by atoms with E-state index in [-0.39, 0.29) is 5.91 Å². The van der Waals surface area contributed by atoms with E-state index in [0.29, 0.717) is 28.7 Å². The minimum absolute atomic E-state index is 0.0431. The van der Waals surface area contributed by atoms with Crippen LogP contribution in [0.1, 0.15) is 29.1 Å². The number of likely N-dealkylation sites (N-methyl/N-ethyl adjacent to an activating group) is 1. The molecule has 206 valence electrons. The number of carbonyl (C=O) groups excluding carboxylic acids is 2. The summed E-state index contributed by atoms with van der Waals surface area (Å²) in [6.45, 7) is 4.14. The van der Waals surface area contributed by atoms with Gasteiger partial charge in [0.25, 0.3) is 5.91 Å². The first-order chi connectivity index (χ1) is 19.2. The van der Waals surface area contributed by atoms with Crippen molar-refractivity contribution in [2.75, 3.05) is 36.8 Å². The van der Waals surface area contributed by atoms with Gasteiger partial charge in [-0.1, -0.05) is 24.3 Å². The van der Waals surface area contributed by atoms with Crippen molar-refractivity contribution in [2.45, 2.75) is 25.9 Å². The molecule has 1 aliphatic heterocycles. The molecule has 0 atom stereocenters. The quantitative estimate of drug-likeness (QED) is 0.191. The fourth-order valence-corrected chi connectivity index (χ4v) is 5.55. The largest absolute Gasteiger partial charge is 0.496 e. The Labute approximate surface area is 237 Å². The number of nitrogens with one attached hydrogen (secondary N) is 2. The molecule has 3 aromatic carbocycles. The smallest absolute Gasteiger partial charge is 0.353 e. The Morgan fingerprint density at radius 3 is 2.45 bits per heavy atom. The van der Waals surface area contributed by atoms with Gasteiger partial charge in [0.05, 0.1) is 31.3 Å². The number of rotatable bonds is 8. The molecule has 0 saturated heterocycles. The number of ether oxygens (including phenoxy) is 3. The third kappa shape index (κ3) is 5.08. The van der Waals surface area contributed by atoms with Gasteiger partial charge < -0.3 is 29.7 Å². The van der Waals surface area contributed by atoms with Crippen LogP contribution < -0.4 is 29.7 Å². The minimum Gasteiger partial charge on any atom is -0.496 e. The van der Waals surface area contributed by atoms with Crippen molar-refractivity contribution in [1.82, 2.24) is 0 Å². The van der Waals surface area contributed by atoms with Gasteiger partial charge in [-0.2, -0.15) is 0 Å². The Morgan fingerprint density at radius 1 is 0.975 bits per heavy atom. The lowest BCUT2D eigenvalue weighted by Gasteiger charge is -2.40. The van der Waals surface area contributed by atoms with E-state index in [2.05, 4.69) is 10.6 Å². The third-order valence-electron chi connectivity index (χ3n) is 6.86. The van der Waals surface area contributed by atoms with Crippen LogP contribution in [0.4, 0.5) is 17.1 Å². The van der Waals surface area contributed by atoms with E-state index in [1.165, 1.54) is 11.3 Å².